The smallest absolute Gasteiger partial charge is 0.245 e. The Bertz CT molecular complexity index is 1420. The zero-order valence-electron chi connectivity index (χ0n) is 28.3. The number of amides is 3. The Morgan fingerprint density at radius 2 is 1.66 bits per heavy atom. The molecule has 1 aromatic heterocycles. The summed E-state index contributed by atoms with van der Waals surface area (Å²) in [6.07, 6.45) is 9.87. The molecule has 2 saturated heterocycles. The highest BCUT2D eigenvalue weighted by Crippen LogP contribution is 2.34. The van der Waals surface area contributed by atoms with Gasteiger partial charge in [-0.3, -0.25) is 28.8 Å². The van der Waals surface area contributed by atoms with Gasteiger partial charge in [-0.2, -0.15) is 5.10 Å². The lowest BCUT2D eigenvalue weighted by atomic mass is 9.81. The van der Waals surface area contributed by atoms with E-state index in [4.69, 9.17) is 0 Å². The normalized spacial score (nSPS) is 22.3. The van der Waals surface area contributed by atoms with Crippen molar-refractivity contribution in [3.63, 3.8) is 0 Å². The number of fused-ring (bicyclic) bond motifs is 2. The van der Waals surface area contributed by atoms with Crippen LogP contribution in [0, 0.1) is 17.7 Å². The van der Waals surface area contributed by atoms with Crippen molar-refractivity contribution in [3.8, 4) is 0 Å². The number of anilines is 1. The molecule has 2 aliphatic heterocycles. The molecule has 11 heteroatoms. The van der Waals surface area contributed by atoms with Crippen LogP contribution in [0.25, 0.3) is 0 Å². The molecule has 3 fully saturated rings. The van der Waals surface area contributed by atoms with Gasteiger partial charge in [0, 0.05) is 62.6 Å². The number of aromatic nitrogens is 2. The first-order chi connectivity index (χ1) is 22.6. The summed E-state index contributed by atoms with van der Waals surface area (Å²) in [5.74, 6) is -2.58. The number of hydrogen-bond donors (Lipinski definition) is 2. The molecule has 5 atom stereocenters. The van der Waals surface area contributed by atoms with E-state index in [2.05, 4.69) is 27.7 Å². The first kappa shape index (κ1) is 34.7. The molecular formula is C36H51FN6O4. The van der Waals surface area contributed by atoms with Crippen LogP contribution in [0.2, 0.25) is 0 Å². The number of benzene rings is 1. The van der Waals surface area contributed by atoms with Gasteiger partial charge in [0.25, 0.3) is 0 Å². The van der Waals surface area contributed by atoms with Gasteiger partial charge in [-0.05, 0) is 69.3 Å². The Hall–Kier alpha value is -3.60. The Labute approximate surface area is 277 Å². The summed E-state index contributed by atoms with van der Waals surface area (Å²) in [5, 5.41) is 9.93. The van der Waals surface area contributed by atoms with Crippen LogP contribution in [0.3, 0.4) is 0 Å². The molecule has 0 spiro atoms. The number of carbonyl (C=O) groups excluding carboxylic acids is 4. The highest BCUT2D eigenvalue weighted by molar-refractivity contribution is 6.00. The van der Waals surface area contributed by atoms with Crippen molar-refractivity contribution in [1.82, 2.24) is 24.9 Å². The molecule has 0 radical (unpaired) electrons. The summed E-state index contributed by atoms with van der Waals surface area (Å²) in [4.78, 5) is 57.8. The van der Waals surface area contributed by atoms with E-state index in [1.165, 1.54) is 12.1 Å². The van der Waals surface area contributed by atoms with E-state index in [1.807, 2.05) is 18.7 Å². The zero-order chi connectivity index (χ0) is 33.7. The van der Waals surface area contributed by atoms with Crippen LogP contribution in [-0.4, -0.2) is 81.3 Å². The highest BCUT2D eigenvalue weighted by Gasteiger charge is 2.42. The minimum atomic E-state index is -0.840. The van der Waals surface area contributed by atoms with Gasteiger partial charge < -0.3 is 15.5 Å². The van der Waals surface area contributed by atoms with Crippen molar-refractivity contribution >= 4 is 29.2 Å². The topological polar surface area (TPSA) is 117 Å². The lowest BCUT2D eigenvalue weighted by molar-refractivity contribution is -0.139. The number of hydrogen-bond acceptors (Lipinski definition) is 6. The molecule has 1 aliphatic carbocycles. The van der Waals surface area contributed by atoms with E-state index in [0.717, 1.165) is 51.4 Å². The van der Waals surface area contributed by atoms with Gasteiger partial charge in [-0.1, -0.05) is 45.6 Å². The monoisotopic (exact) mass is 650 g/mol. The first-order valence-electron chi connectivity index (χ1n) is 17.6. The molecule has 2 aromatic rings. The summed E-state index contributed by atoms with van der Waals surface area (Å²) in [6, 6.07) is 6.04. The Morgan fingerprint density at radius 3 is 2.28 bits per heavy atom. The molecule has 1 saturated carbocycles. The van der Waals surface area contributed by atoms with Gasteiger partial charge in [-0.25, -0.2) is 4.39 Å². The molecule has 3 heterocycles. The summed E-state index contributed by atoms with van der Waals surface area (Å²) in [7, 11) is 2.10. The van der Waals surface area contributed by atoms with E-state index in [0.29, 0.717) is 43.0 Å². The average Bonchev–Trinajstić information content (AvgIpc) is 3.47. The van der Waals surface area contributed by atoms with Crippen LogP contribution in [0.1, 0.15) is 107 Å². The fourth-order valence-electron chi connectivity index (χ4n) is 7.81. The van der Waals surface area contributed by atoms with Crippen molar-refractivity contribution in [2.75, 3.05) is 25.5 Å². The molecule has 256 valence electrons. The van der Waals surface area contributed by atoms with E-state index in [9.17, 15) is 19.2 Å². The number of carbonyl (C=O) groups is 4. The van der Waals surface area contributed by atoms with E-state index < -0.39 is 23.7 Å². The minimum absolute atomic E-state index is 0.0283. The third kappa shape index (κ3) is 7.93. The van der Waals surface area contributed by atoms with Gasteiger partial charge in [0.2, 0.25) is 17.7 Å². The molecule has 1 aromatic carbocycles. The van der Waals surface area contributed by atoms with Gasteiger partial charge >= 0.3 is 0 Å². The third-order valence-electron chi connectivity index (χ3n) is 10.9. The van der Waals surface area contributed by atoms with Gasteiger partial charge in [0.05, 0.1) is 5.69 Å². The van der Waals surface area contributed by atoms with E-state index in [1.54, 1.807) is 29.9 Å². The summed E-state index contributed by atoms with van der Waals surface area (Å²) < 4.78 is 17.4. The second-order valence-electron chi connectivity index (χ2n) is 13.7. The molecule has 2 unspecified atom stereocenters. The maximum atomic E-state index is 15.7. The minimum Gasteiger partial charge on any atom is -0.344 e. The molecule has 3 aliphatic rings. The Morgan fingerprint density at radius 1 is 0.979 bits per heavy atom. The summed E-state index contributed by atoms with van der Waals surface area (Å²) in [5.41, 5.74) is 1.06. The van der Waals surface area contributed by atoms with Crippen molar-refractivity contribution < 1.29 is 23.6 Å². The van der Waals surface area contributed by atoms with Crippen molar-refractivity contribution in [1.29, 1.82) is 0 Å². The predicted molar refractivity (Wildman–Crippen MR) is 178 cm³/mol. The summed E-state index contributed by atoms with van der Waals surface area (Å²) in [6.45, 7) is 7.26. The predicted octanol–water partition coefficient (Wildman–Crippen LogP) is 5.14. The zero-order valence-corrected chi connectivity index (χ0v) is 28.3. The number of piperazine rings is 1. The van der Waals surface area contributed by atoms with Crippen molar-refractivity contribution in [2.45, 2.75) is 116 Å². The second kappa shape index (κ2) is 15.5. The van der Waals surface area contributed by atoms with Crippen LogP contribution < -0.4 is 10.6 Å². The van der Waals surface area contributed by atoms with Crippen molar-refractivity contribution in [3.05, 3.63) is 47.5 Å². The number of aryl methyl sites for hydroxylation is 1. The molecule has 5 rings (SSSR count). The number of Topliss-reactive ketones (excluding diaryl/α,β-unsaturated/α-hetero) is 1. The fraction of sp³-hybridized carbons (Fsp3) is 0.639. The molecule has 2 N–H and O–H groups in total. The number of halogens is 1. The number of rotatable bonds is 12. The van der Waals surface area contributed by atoms with Crippen LogP contribution in [-0.2, 0) is 20.9 Å². The Kier molecular flexibility index (Phi) is 11.5. The SMILES string of the molecule is CCC(=O)N[C@@H](C(=O)N1CC2CCC(C1)N2C)[C@@H](C)c1ccc(NC(=O)[C@@H](CC(=O)c2ccnn2CC)C2CCCCCC2)c(F)c1. The third-order valence-corrected chi connectivity index (χ3v) is 10.9. The Balaban J connectivity index is 1.33. The number of nitrogens with zero attached hydrogens (tertiary/aromatic N) is 4. The maximum absolute atomic E-state index is 15.7. The largest absolute Gasteiger partial charge is 0.344 e. The molecule has 3 amide bonds. The molecule has 10 nitrogen and oxygen atoms in total. The average molecular weight is 651 g/mol. The van der Waals surface area contributed by atoms with Crippen molar-refractivity contribution in [2.24, 2.45) is 11.8 Å². The first-order valence-corrected chi connectivity index (χ1v) is 17.6. The quantitative estimate of drug-likeness (QED) is 0.243. The van der Waals surface area contributed by atoms with Crippen LogP contribution in [0.5, 0.6) is 0 Å². The van der Waals surface area contributed by atoms with E-state index in [-0.39, 0.29) is 48.0 Å². The van der Waals surface area contributed by atoms with Gasteiger partial charge in [-0.15, -0.1) is 0 Å². The fourth-order valence-corrected chi connectivity index (χ4v) is 7.81. The standard InChI is InChI=1S/C36H51FN6O4/c1-5-33(45)40-34(36(47)42-21-26-14-15-27(22-42)41(26)4)23(3)25-13-16-30(29(37)19-25)39-35(46)28(24-11-9-7-8-10-12-24)20-32(44)31-17-18-38-43(31)6-2/h13,16-19,23-24,26-28,34H,5-12,14-15,20-22H2,1-4H3,(H,39,46)(H,40,45)/t23-,26?,27?,28-,34+/m0/s1. The number of likely N-dealkylation sites (tertiary alicyclic amines) is 1. The van der Waals surface area contributed by atoms with Gasteiger partial charge in [0.15, 0.2) is 5.78 Å². The molecule has 47 heavy (non-hydrogen) atoms. The van der Waals surface area contributed by atoms with E-state index >= 15 is 4.39 Å². The number of likely N-dealkylation sites (N-methyl/N-ethyl adjacent to an activating group) is 1. The van der Waals surface area contributed by atoms with Gasteiger partial charge in [0.1, 0.15) is 17.6 Å². The van der Waals surface area contributed by atoms with Crippen LogP contribution in [0.15, 0.2) is 30.5 Å². The lowest BCUT2D eigenvalue weighted by Crippen LogP contribution is -2.59. The lowest BCUT2D eigenvalue weighted by Gasteiger charge is -2.41. The van der Waals surface area contributed by atoms with Crippen LogP contribution in [0.4, 0.5) is 10.1 Å². The number of nitrogens with one attached hydrogen (secondary N) is 2. The van der Waals surface area contributed by atoms with Crippen LogP contribution >= 0.6 is 0 Å². The second-order valence-corrected chi connectivity index (χ2v) is 13.7. The molecule has 2 bridgehead atoms. The maximum Gasteiger partial charge on any atom is 0.245 e. The molecular weight excluding hydrogens is 599 g/mol. The summed E-state index contributed by atoms with van der Waals surface area (Å²) >= 11 is 0. The highest BCUT2D eigenvalue weighted by atomic mass is 19.1. The number of ketones is 1.